The number of nitrogens with zero attached hydrogens (tertiary/aromatic N) is 1. The molecule has 1 aliphatic carbocycles. The summed E-state index contributed by atoms with van der Waals surface area (Å²) in [7, 11) is -3.99. The van der Waals surface area contributed by atoms with Crippen molar-refractivity contribution in [2.45, 2.75) is 48.4 Å². The maximum atomic E-state index is 13.3. The Kier molecular flexibility index (Phi) is 6.68. The van der Waals surface area contributed by atoms with Gasteiger partial charge in [-0.3, -0.25) is 9.78 Å². The van der Waals surface area contributed by atoms with Crippen molar-refractivity contribution in [1.29, 1.82) is 0 Å². The fourth-order valence-corrected chi connectivity index (χ4v) is 6.09. The van der Waals surface area contributed by atoms with Crippen molar-refractivity contribution >= 4 is 21.4 Å². The van der Waals surface area contributed by atoms with Crippen LogP contribution in [0.3, 0.4) is 0 Å². The molecule has 10 heteroatoms. The van der Waals surface area contributed by atoms with Gasteiger partial charge in [0, 0.05) is 11.3 Å². The molecule has 1 fully saturated rings. The number of benzene rings is 2. The molecule has 1 aromatic heterocycles. The van der Waals surface area contributed by atoms with Crippen molar-refractivity contribution in [2.75, 3.05) is 5.32 Å². The fraction of sp³-hybridized carbons (Fsp3) is 0.308. The summed E-state index contributed by atoms with van der Waals surface area (Å²) in [6.45, 7) is 3.89. The van der Waals surface area contributed by atoms with Gasteiger partial charge in [-0.1, -0.05) is 32.0 Å². The lowest BCUT2D eigenvalue weighted by Gasteiger charge is -2.33. The number of anilines is 1. The third-order valence-corrected chi connectivity index (χ3v) is 8.81. The number of pyridine rings is 1. The van der Waals surface area contributed by atoms with E-state index in [0.717, 1.165) is 23.8 Å². The number of nitrogens with one attached hydrogen (secondary N) is 1. The number of carbonyl (C=O) groups excluding carboxylic acids is 1. The summed E-state index contributed by atoms with van der Waals surface area (Å²) in [5.74, 6) is -1.29. The zero-order valence-corrected chi connectivity index (χ0v) is 20.3. The summed E-state index contributed by atoms with van der Waals surface area (Å²) in [4.78, 5) is 16.6. The van der Waals surface area contributed by atoms with E-state index in [1.54, 1.807) is 24.3 Å². The van der Waals surface area contributed by atoms with E-state index in [1.165, 1.54) is 18.3 Å². The molecule has 0 radical (unpaired) electrons. The van der Waals surface area contributed by atoms with E-state index in [2.05, 4.69) is 10.3 Å². The number of carbonyl (C=O) groups is 1. The number of halogens is 4. The fourth-order valence-electron chi connectivity index (χ4n) is 4.17. The van der Waals surface area contributed by atoms with Gasteiger partial charge in [-0.25, -0.2) is 12.8 Å². The summed E-state index contributed by atoms with van der Waals surface area (Å²) in [5.41, 5.74) is 0.479. The highest BCUT2D eigenvalue weighted by Gasteiger charge is 2.43. The molecule has 0 aliphatic heterocycles. The van der Waals surface area contributed by atoms with Crippen molar-refractivity contribution < 1.29 is 30.8 Å². The number of amides is 1. The average molecular weight is 521 g/mol. The second-order valence-electron chi connectivity index (χ2n) is 9.41. The Labute approximate surface area is 206 Å². The van der Waals surface area contributed by atoms with Gasteiger partial charge in [0.05, 0.1) is 33.3 Å². The lowest BCUT2D eigenvalue weighted by atomic mass is 9.81. The molecular formula is C26H24F4N2O3S. The van der Waals surface area contributed by atoms with Gasteiger partial charge in [-0.2, -0.15) is 13.2 Å². The Morgan fingerprint density at radius 2 is 1.64 bits per heavy atom. The molecule has 0 spiro atoms. The van der Waals surface area contributed by atoms with Gasteiger partial charge in [0.2, 0.25) is 5.91 Å². The molecule has 0 bridgehead atoms. The van der Waals surface area contributed by atoms with Crippen LogP contribution in [0.25, 0.3) is 0 Å². The first kappa shape index (κ1) is 25.8. The maximum absolute atomic E-state index is 13.3. The number of aromatic nitrogens is 1. The molecule has 4 rings (SSSR count). The molecule has 1 amide bonds. The van der Waals surface area contributed by atoms with Crippen LogP contribution >= 0.6 is 0 Å². The molecule has 1 heterocycles. The Morgan fingerprint density at radius 1 is 0.972 bits per heavy atom. The number of rotatable bonds is 6. The van der Waals surface area contributed by atoms with Crippen molar-refractivity contribution in [1.82, 2.24) is 4.98 Å². The normalized spacial score (nSPS) is 18.4. The van der Waals surface area contributed by atoms with Gasteiger partial charge in [0.1, 0.15) is 5.82 Å². The molecule has 190 valence electrons. The van der Waals surface area contributed by atoms with Crippen molar-refractivity contribution in [3.63, 3.8) is 0 Å². The van der Waals surface area contributed by atoms with E-state index in [4.69, 9.17) is 0 Å². The molecule has 0 saturated heterocycles. The number of alkyl halides is 3. The number of hydrogen-bond acceptors (Lipinski definition) is 4. The number of hydrogen-bond donors (Lipinski definition) is 1. The highest BCUT2D eigenvalue weighted by molar-refractivity contribution is 7.92. The van der Waals surface area contributed by atoms with Gasteiger partial charge >= 0.3 is 6.18 Å². The summed E-state index contributed by atoms with van der Waals surface area (Å²) < 4.78 is 77.6. The van der Waals surface area contributed by atoms with Gasteiger partial charge in [0.15, 0.2) is 9.84 Å². The van der Waals surface area contributed by atoms with Crippen molar-refractivity contribution in [2.24, 2.45) is 5.92 Å². The highest BCUT2D eigenvalue weighted by Crippen LogP contribution is 2.39. The third kappa shape index (κ3) is 5.13. The molecule has 3 aromatic rings. The predicted molar refractivity (Wildman–Crippen MR) is 127 cm³/mol. The van der Waals surface area contributed by atoms with Crippen molar-refractivity contribution in [3.05, 3.63) is 89.5 Å². The van der Waals surface area contributed by atoms with E-state index in [9.17, 15) is 30.8 Å². The maximum Gasteiger partial charge on any atom is 0.416 e. The molecular weight excluding hydrogens is 496 g/mol. The Hall–Kier alpha value is -3.27. The zero-order chi connectivity index (χ0) is 26.3. The summed E-state index contributed by atoms with van der Waals surface area (Å²) in [5, 5.41) is 1.79. The molecule has 1 N–H and O–H groups in total. The van der Waals surface area contributed by atoms with Gasteiger partial charge in [-0.05, 0) is 60.9 Å². The molecule has 1 saturated carbocycles. The SMILES string of the molecule is CC(C)(c1ccc(F)cc1)c1ccc(NC(=O)C2CC(S(=O)(=O)c3cccc(C(F)(F)F)c3)C2)cn1. The first-order valence-corrected chi connectivity index (χ1v) is 12.8. The molecule has 5 nitrogen and oxygen atoms in total. The quantitative estimate of drug-likeness (QED) is 0.420. The monoisotopic (exact) mass is 520 g/mol. The summed E-state index contributed by atoms with van der Waals surface area (Å²) >= 11 is 0. The second kappa shape index (κ2) is 9.31. The predicted octanol–water partition coefficient (Wildman–Crippen LogP) is 5.76. The minimum Gasteiger partial charge on any atom is -0.324 e. The summed E-state index contributed by atoms with van der Waals surface area (Å²) in [6, 6.07) is 13.2. The van der Waals surface area contributed by atoms with Crippen LogP contribution in [0.1, 0.15) is 43.5 Å². The highest BCUT2D eigenvalue weighted by atomic mass is 32.2. The van der Waals surface area contributed by atoms with E-state index in [1.807, 2.05) is 13.8 Å². The zero-order valence-electron chi connectivity index (χ0n) is 19.5. The first-order chi connectivity index (χ1) is 16.8. The van der Waals surface area contributed by atoms with Gasteiger partial charge in [0.25, 0.3) is 0 Å². The molecule has 2 aromatic carbocycles. The van der Waals surface area contributed by atoms with E-state index >= 15 is 0 Å². The van der Waals surface area contributed by atoms with Crippen molar-refractivity contribution in [3.8, 4) is 0 Å². The van der Waals surface area contributed by atoms with E-state index < -0.39 is 43.1 Å². The topological polar surface area (TPSA) is 76.1 Å². The van der Waals surface area contributed by atoms with Crippen LogP contribution < -0.4 is 5.32 Å². The first-order valence-electron chi connectivity index (χ1n) is 11.2. The van der Waals surface area contributed by atoms with Crippen LogP contribution in [0.2, 0.25) is 0 Å². The van der Waals surface area contributed by atoms with Gasteiger partial charge in [-0.15, -0.1) is 0 Å². The minimum atomic E-state index is -4.65. The largest absolute Gasteiger partial charge is 0.416 e. The van der Waals surface area contributed by atoms with Gasteiger partial charge < -0.3 is 5.32 Å². The Bertz CT molecular complexity index is 1360. The molecule has 1 aliphatic rings. The van der Waals surface area contributed by atoms with Crippen LogP contribution in [0.4, 0.5) is 23.2 Å². The lowest BCUT2D eigenvalue weighted by molar-refractivity contribution is -0.137. The second-order valence-corrected chi connectivity index (χ2v) is 11.6. The molecule has 0 atom stereocenters. The minimum absolute atomic E-state index is 0.0214. The molecule has 0 unspecified atom stereocenters. The Morgan fingerprint density at radius 3 is 2.22 bits per heavy atom. The Balaban J connectivity index is 1.38. The molecule has 36 heavy (non-hydrogen) atoms. The smallest absolute Gasteiger partial charge is 0.324 e. The van der Waals surface area contributed by atoms with Crippen LogP contribution in [0.15, 0.2) is 71.8 Å². The van der Waals surface area contributed by atoms with Crippen LogP contribution in [-0.2, 0) is 26.2 Å². The van der Waals surface area contributed by atoms with Crippen LogP contribution in [-0.4, -0.2) is 24.6 Å². The third-order valence-electron chi connectivity index (χ3n) is 6.63. The van der Waals surface area contributed by atoms with E-state index in [0.29, 0.717) is 17.4 Å². The summed E-state index contributed by atoms with van der Waals surface area (Å²) in [6.07, 6.45) is -3.11. The van der Waals surface area contributed by atoms with E-state index in [-0.39, 0.29) is 24.6 Å². The lowest BCUT2D eigenvalue weighted by Crippen LogP contribution is -2.42. The number of sulfone groups is 1. The standard InChI is InChI=1S/C26H24F4N2O3S/c1-25(2,17-6-8-19(27)9-7-17)23-11-10-20(15-31-23)32-24(33)16-12-22(13-16)36(34,35)21-5-3-4-18(14-21)26(28,29)30/h3-11,14-16,22H,12-13H2,1-2H3,(H,32,33). The average Bonchev–Trinajstić information content (AvgIpc) is 2.78. The van der Waals surface area contributed by atoms with Crippen LogP contribution in [0, 0.1) is 11.7 Å². The van der Waals surface area contributed by atoms with Crippen LogP contribution in [0.5, 0.6) is 0 Å².